The number of rotatable bonds is 8. The van der Waals surface area contributed by atoms with E-state index in [-0.39, 0.29) is 10.6 Å². The molecular weight excluding hydrogens is 292 g/mol. The van der Waals surface area contributed by atoms with Gasteiger partial charge in [0.25, 0.3) is 0 Å². The first-order chi connectivity index (χ1) is 9.79. The van der Waals surface area contributed by atoms with Crippen LogP contribution in [-0.4, -0.2) is 25.6 Å². The maximum absolute atomic E-state index is 12.0. The van der Waals surface area contributed by atoms with Gasteiger partial charge in [0.05, 0.1) is 6.61 Å². The summed E-state index contributed by atoms with van der Waals surface area (Å²) >= 11 is 0. The minimum Gasteiger partial charge on any atom is -0.461 e. The van der Waals surface area contributed by atoms with Crippen LogP contribution in [0.15, 0.2) is 17.2 Å². The number of aryl methyl sites for hydroxylation is 1. The lowest BCUT2D eigenvalue weighted by Crippen LogP contribution is -2.16. The van der Waals surface area contributed by atoms with E-state index < -0.39 is 16.0 Å². The summed E-state index contributed by atoms with van der Waals surface area (Å²) in [6.07, 6.45) is 5.49. The first-order valence-electron chi connectivity index (χ1n) is 7.15. The number of aromatic nitrogens is 1. The van der Waals surface area contributed by atoms with Crippen molar-refractivity contribution >= 4 is 16.0 Å². The largest absolute Gasteiger partial charge is 0.461 e. The van der Waals surface area contributed by atoms with Gasteiger partial charge in [0.2, 0.25) is 10.0 Å². The first kappa shape index (κ1) is 17.7. The van der Waals surface area contributed by atoms with E-state index in [2.05, 4.69) is 13.8 Å². The highest BCUT2D eigenvalue weighted by Gasteiger charge is 2.19. The third kappa shape index (κ3) is 5.17. The highest BCUT2D eigenvalue weighted by atomic mass is 32.2. The number of hydrogen-bond acceptors (Lipinski definition) is 4. The molecule has 0 aliphatic rings. The fraction of sp³-hybridized carbons (Fsp3) is 0.643. The fourth-order valence-corrected chi connectivity index (χ4v) is 2.64. The van der Waals surface area contributed by atoms with Crippen molar-refractivity contribution in [1.29, 1.82) is 0 Å². The van der Waals surface area contributed by atoms with Gasteiger partial charge >= 0.3 is 5.97 Å². The van der Waals surface area contributed by atoms with Gasteiger partial charge in [-0.1, -0.05) is 33.1 Å². The molecular formula is C14H24N2O4S. The van der Waals surface area contributed by atoms with Crippen LogP contribution in [0, 0.1) is 5.92 Å². The predicted molar refractivity (Wildman–Crippen MR) is 80.4 cm³/mol. The Bertz CT molecular complexity index is 578. The Kier molecular flexibility index (Phi) is 6.42. The molecule has 0 aliphatic heterocycles. The van der Waals surface area contributed by atoms with Crippen LogP contribution < -0.4 is 5.14 Å². The number of primary sulfonamides is 1. The first-order valence-corrected chi connectivity index (χ1v) is 8.70. The highest BCUT2D eigenvalue weighted by Crippen LogP contribution is 2.16. The van der Waals surface area contributed by atoms with Crippen LogP contribution in [0.2, 0.25) is 0 Å². The second-order valence-electron chi connectivity index (χ2n) is 5.23. The molecule has 21 heavy (non-hydrogen) atoms. The van der Waals surface area contributed by atoms with Crippen molar-refractivity contribution in [2.24, 2.45) is 18.1 Å². The maximum atomic E-state index is 12.0. The third-order valence-electron chi connectivity index (χ3n) is 3.51. The Labute approximate surface area is 126 Å². The number of carbonyl (C=O) groups is 1. The zero-order valence-corrected chi connectivity index (χ0v) is 13.6. The van der Waals surface area contributed by atoms with Gasteiger partial charge in [0.1, 0.15) is 10.6 Å². The molecule has 0 bridgehead atoms. The lowest BCUT2D eigenvalue weighted by atomic mass is 10.0. The van der Waals surface area contributed by atoms with Crippen LogP contribution in [0.25, 0.3) is 0 Å². The Morgan fingerprint density at radius 2 is 2.10 bits per heavy atom. The molecule has 2 N–H and O–H groups in total. The minimum absolute atomic E-state index is 0.0880. The van der Waals surface area contributed by atoms with Gasteiger partial charge in [0.15, 0.2) is 0 Å². The van der Waals surface area contributed by atoms with Gasteiger partial charge in [-0.3, -0.25) is 0 Å². The summed E-state index contributed by atoms with van der Waals surface area (Å²) in [4.78, 5) is 11.9. The zero-order valence-electron chi connectivity index (χ0n) is 12.8. The highest BCUT2D eigenvalue weighted by molar-refractivity contribution is 7.89. The van der Waals surface area contributed by atoms with E-state index in [0.29, 0.717) is 12.5 Å². The average molecular weight is 316 g/mol. The number of unbranched alkanes of at least 4 members (excludes halogenated alkanes) is 1. The molecule has 0 saturated carbocycles. The molecule has 0 radical (unpaired) electrons. The van der Waals surface area contributed by atoms with E-state index in [0.717, 1.165) is 25.7 Å². The van der Waals surface area contributed by atoms with Crippen molar-refractivity contribution in [3.63, 3.8) is 0 Å². The van der Waals surface area contributed by atoms with Crippen LogP contribution in [0.3, 0.4) is 0 Å². The molecule has 0 aliphatic carbocycles. The summed E-state index contributed by atoms with van der Waals surface area (Å²) in [7, 11) is -2.23. The molecule has 1 aromatic heterocycles. The second-order valence-corrected chi connectivity index (χ2v) is 6.79. The maximum Gasteiger partial charge on any atom is 0.354 e. The normalized spacial score (nSPS) is 13.1. The molecule has 0 aromatic carbocycles. The molecule has 6 nitrogen and oxygen atoms in total. The summed E-state index contributed by atoms with van der Waals surface area (Å²) in [5.41, 5.74) is 0.185. The summed E-state index contributed by atoms with van der Waals surface area (Å²) in [6, 6.07) is 1.24. The van der Waals surface area contributed by atoms with Gasteiger partial charge < -0.3 is 9.30 Å². The van der Waals surface area contributed by atoms with E-state index in [1.165, 1.54) is 16.8 Å². The molecule has 1 atom stereocenters. The SMILES string of the molecule is CCCCC(CC)COC(=O)c1cc(S(N)(=O)=O)cn1C. The Morgan fingerprint density at radius 1 is 1.43 bits per heavy atom. The lowest BCUT2D eigenvalue weighted by molar-refractivity contribution is 0.0417. The van der Waals surface area contributed by atoms with Crippen molar-refractivity contribution in [1.82, 2.24) is 4.57 Å². The smallest absolute Gasteiger partial charge is 0.354 e. The number of ether oxygens (including phenoxy) is 1. The molecule has 1 aromatic rings. The van der Waals surface area contributed by atoms with E-state index in [1.807, 2.05) is 0 Å². The van der Waals surface area contributed by atoms with Gasteiger partial charge in [-0.15, -0.1) is 0 Å². The fourth-order valence-electron chi connectivity index (χ4n) is 2.06. The molecule has 7 heteroatoms. The van der Waals surface area contributed by atoms with Crippen LogP contribution >= 0.6 is 0 Å². The van der Waals surface area contributed by atoms with E-state index in [1.54, 1.807) is 7.05 Å². The number of esters is 1. The molecule has 0 amide bonds. The van der Waals surface area contributed by atoms with Crippen LogP contribution in [0.1, 0.15) is 50.0 Å². The van der Waals surface area contributed by atoms with Gasteiger partial charge in [0, 0.05) is 13.2 Å². The minimum atomic E-state index is -3.81. The molecule has 0 fully saturated rings. The van der Waals surface area contributed by atoms with E-state index in [4.69, 9.17) is 9.88 Å². The van der Waals surface area contributed by atoms with Crippen molar-refractivity contribution in [3.8, 4) is 0 Å². The number of hydrogen-bond donors (Lipinski definition) is 1. The lowest BCUT2D eigenvalue weighted by Gasteiger charge is -2.14. The average Bonchev–Trinajstić information content (AvgIpc) is 2.81. The topological polar surface area (TPSA) is 91.4 Å². The summed E-state index contributed by atoms with van der Waals surface area (Å²) in [6.45, 7) is 4.54. The molecule has 0 saturated heterocycles. The molecule has 1 rings (SSSR count). The van der Waals surface area contributed by atoms with Crippen molar-refractivity contribution in [2.45, 2.75) is 44.4 Å². The zero-order chi connectivity index (χ0) is 16.0. The summed E-state index contributed by atoms with van der Waals surface area (Å²) < 4.78 is 29.2. The quantitative estimate of drug-likeness (QED) is 0.743. The Balaban J connectivity index is 2.70. The van der Waals surface area contributed by atoms with Crippen LogP contribution in [0.5, 0.6) is 0 Å². The predicted octanol–water partition coefficient (Wildman–Crippen LogP) is 2.05. The van der Waals surface area contributed by atoms with E-state index >= 15 is 0 Å². The molecule has 120 valence electrons. The standard InChI is InChI=1S/C14H24N2O4S/c1-4-6-7-11(5-2)10-20-14(17)13-8-12(9-16(13)3)21(15,18)19/h8-9,11H,4-7,10H2,1-3H3,(H2,15,18,19). The number of sulfonamides is 1. The van der Waals surface area contributed by atoms with Gasteiger partial charge in [-0.05, 0) is 18.4 Å². The summed E-state index contributed by atoms with van der Waals surface area (Å²) in [5.74, 6) is -0.186. The van der Waals surface area contributed by atoms with Crippen LogP contribution in [0.4, 0.5) is 0 Å². The van der Waals surface area contributed by atoms with Crippen LogP contribution in [-0.2, 0) is 21.8 Å². The number of nitrogens with zero attached hydrogens (tertiary/aromatic N) is 1. The number of carbonyl (C=O) groups excluding carboxylic acids is 1. The third-order valence-corrected chi connectivity index (χ3v) is 4.39. The Hall–Kier alpha value is -1.34. The second kappa shape index (κ2) is 7.61. The van der Waals surface area contributed by atoms with Crippen molar-refractivity contribution < 1.29 is 17.9 Å². The van der Waals surface area contributed by atoms with Gasteiger partial charge in [-0.25, -0.2) is 18.4 Å². The number of nitrogens with two attached hydrogens (primary N) is 1. The Morgan fingerprint density at radius 3 is 2.57 bits per heavy atom. The monoisotopic (exact) mass is 316 g/mol. The van der Waals surface area contributed by atoms with Crippen molar-refractivity contribution in [2.75, 3.05) is 6.61 Å². The van der Waals surface area contributed by atoms with Gasteiger partial charge in [-0.2, -0.15) is 0 Å². The van der Waals surface area contributed by atoms with Crippen molar-refractivity contribution in [3.05, 3.63) is 18.0 Å². The molecule has 0 spiro atoms. The van der Waals surface area contributed by atoms with E-state index in [9.17, 15) is 13.2 Å². The molecule has 1 heterocycles. The molecule has 1 unspecified atom stereocenters. The summed E-state index contributed by atoms with van der Waals surface area (Å²) in [5, 5.41) is 5.04.